The highest BCUT2D eigenvalue weighted by Gasteiger charge is 2.11. The molecule has 0 saturated carbocycles. The van der Waals surface area contributed by atoms with Crippen LogP contribution in [0.3, 0.4) is 0 Å². The van der Waals surface area contributed by atoms with Gasteiger partial charge in [0.05, 0.1) is 0 Å². The maximum Gasteiger partial charge on any atom is 0.137 e. The molecule has 0 atom stereocenters. The summed E-state index contributed by atoms with van der Waals surface area (Å²) in [6, 6.07) is 13.0. The Balaban J connectivity index is 1.40. The van der Waals surface area contributed by atoms with Crippen LogP contribution in [0.2, 0.25) is 0 Å². The Morgan fingerprint density at radius 2 is 1.87 bits per heavy atom. The summed E-state index contributed by atoms with van der Waals surface area (Å²) in [5.41, 5.74) is 4.77. The second-order valence-corrected chi connectivity index (χ2v) is 6.24. The van der Waals surface area contributed by atoms with Gasteiger partial charge < -0.3 is 10.3 Å². The fraction of sp³-hybridized carbons (Fsp3) is 0.316. The Morgan fingerprint density at radius 3 is 2.70 bits per heavy atom. The Labute approximate surface area is 136 Å². The number of nitrogens with zero attached hydrogens (tertiary/aromatic N) is 2. The number of anilines is 1. The smallest absolute Gasteiger partial charge is 0.137 e. The minimum absolute atomic E-state index is 0.808. The first-order valence-corrected chi connectivity index (χ1v) is 8.35. The number of benzene rings is 1. The summed E-state index contributed by atoms with van der Waals surface area (Å²) in [5.74, 6) is 0. The standard InChI is InChI=1S/C19H22N4/c1-2-12-23(11-1)14-15-3-5-17(6-4-15)22-13-16-7-9-20-19-18(16)8-10-21-19/h3-10,22H,1-2,11-14H2,(H,20,21). The van der Waals surface area contributed by atoms with Crippen LogP contribution in [-0.4, -0.2) is 28.0 Å². The third-order valence-corrected chi connectivity index (χ3v) is 4.59. The van der Waals surface area contributed by atoms with Crippen molar-refractivity contribution in [1.82, 2.24) is 14.9 Å². The fourth-order valence-electron chi connectivity index (χ4n) is 3.30. The van der Waals surface area contributed by atoms with Crippen LogP contribution in [0.5, 0.6) is 0 Å². The molecule has 118 valence electrons. The number of rotatable bonds is 5. The van der Waals surface area contributed by atoms with Gasteiger partial charge in [-0.2, -0.15) is 0 Å². The molecule has 2 aromatic heterocycles. The molecule has 23 heavy (non-hydrogen) atoms. The lowest BCUT2D eigenvalue weighted by Crippen LogP contribution is -2.18. The van der Waals surface area contributed by atoms with Crippen LogP contribution in [0.25, 0.3) is 11.0 Å². The van der Waals surface area contributed by atoms with Gasteiger partial charge in [0.2, 0.25) is 0 Å². The fourth-order valence-corrected chi connectivity index (χ4v) is 3.30. The predicted molar refractivity (Wildman–Crippen MR) is 94.4 cm³/mol. The molecule has 1 aliphatic heterocycles. The van der Waals surface area contributed by atoms with Gasteiger partial charge in [-0.05, 0) is 61.3 Å². The molecule has 4 rings (SSSR count). The highest BCUT2D eigenvalue weighted by molar-refractivity contribution is 5.79. The zero-order valence-corrected chi connectivity index (χ0v) is 13.3. The zero-order chi connectivity index (χ0) is 15.5. The molecule has 0 unspecified atom stereocenters. The number of aromatic amines is 1. The quantitative estimate of drug-likeness (QED) is 0.754. The van der Waals surface area contributed by atoms with Gasteiger partial charge in [0.25, 0.3) is 0 Å². The van der Waals surface area contributed by atoms with E-state index < -0.39 is 0 Å². The zero-order valence-electron chi connectivity index (χ0n) is 13.3. The molecule has 0 aliphatic carbocycles. The summed E-state index contributed by atoms with van der Waals surface area (Å²) < 4.78 is 0. The number of fused-ring (bicyclic) bond motifs is 1. The van der Waals surface area contributed by atoms with Crippen molar-refractivity contribution in [3.8, 4) is 0 Å². The topological polar surface area (TPSA) is 44.0 Å². The second kappa shape index (κ2) is 6.42. The van der Waals surface area contributed by atoms with Crippen LogP contribution in [0.15, 0.2) is 48.8 Å². The number of H-pyrrole nitrogens is 1. The molecule has 1 aliphatic rings. The molecule has 1 fully saturated rings. The van der Waals surface area contributed by atoms with E-state index in [0.717, 1.165) is 24.4 Å². The van der Waals surface area contributed by atoms with Crippen LogP contribution < -0.4 is 5.32 Å². The van der Waals surface area contributed by atoms with Gasteiger partial charge in [0.1, 0.15) is 5.65 Å². The van der Waals surface area contributed by atoms with Crippen molar-refractivity contribution in [2.24, 2.45) is 0 Å². The largest absolute Gasteiger partial charge is 0.381 e. The molecule has 0 amide bonds. The molecule has 0 radical (unpaired) electrons. The molecule has 3 aromatic rings. The van der Waals surface area contributed by atoms with Crippen molar-refractivity contribution in [2.75, 3.05) is 18.4 Å². The number of likely N-dealkylation sites (tertiary alicyclic amines) is 1. The lowest BCUT2D eigenvalue weighted by atomic mass is 10.1. The van der Waals surface area contributed by atoms with Gasteiger partial charge in [-0.3, -0.25) is 4.90 Å². The number of hydrogen-bond acceptors (Lipinski definition) is 3. The highest BCUT2D eigenvalue weighted by atomic mass is 15.1. The van der Waals surface area contributed by atoms with E-state index in [1.165, 1.54) is 42.4 Å². The van der Waals surface area contributed by atoms with Crippen molar-refractivity contribution in [3.63, 3.8) is 0 Å². The molecule has 1 saturated heterocycles. The van der Waals surface area contributed by atoms with Crippen LogP contribution in [0, 0.1) is 0 Å². The minimum atomic E-state index is 0.808. The number of aromatic nitrogens is 2. The summed E-state index contributed by atoms with van der Waals surface area (Å²) in [6.45, 7) is 4.38. The Kier molecular flexibility index (Phi) is 3.99. The molecule has 0 spiro atoms. The lowest BCUT2D eigenvalue weighted by molar-refractivity contribution is 0.331. The number of nitrogens with one attached hydrogen (secondary N) is 2. The molecule has 3 heterocycles. The van der Waals surface area contributed by atoms with Crippen molar-refractivity contribution >= 4 is 16.7 Å². The molecule has 4 nitrogen and oxygen atoms in total. The van der Waals surface area contributed by atoms with Crippen molar-refractivity contribution < 1.29 is 0 Å². The summed E-state index contributed by atoms with van der Waals surface area (Å²) in [4.78, 5) is 10.0. The maximum absolute atomic E-state index is 4.33. The SMILES string of the molecule is c1cc(CNc2ccc(CN3CCCC3)cc2)c2cc[nH]c2n1. The van der Waals surface area contributed by atoms with Crippen LogP contribution in [-0.2, 0) is 13.1 Å². The van der Waals surface area contributed by atoms with Crippen LogP contribution in [0.1, 0.15) is 24.0 Å². The van der Waals surface area contributed by atoms with E-state index in [9.17, 15) is 0 Å². The predicted octanol–water partition coefficient (Wildman–Crippen LogP) is 3.77. The molecule has 4 heteroatoms. The first kappa shape index (κ1) is 14.3. The number of pyridine rings is 1. The second-order valence-electron chi connectivity index (χ2n) is 6.24. The molecular formula is C19H22N4. The van der Waals surface area contributed by atoms with E-state index in [0.29, 0.717) is 0 Å². The summed E-state index contributed by atoms with van der Waals surface area (Å²) >= 11 is 0. The molecule has 1 aromatic carbocycles. The van der Waals surface area contributed by atoms with Crippen molar-refractivity contribution in [2.45, 2.75) is 25.9 Å². The first-order chi connectivity index (χ1) is 11.4. The van der Waals surface area contributed by atoms with E-state index in [2.05, 4.69) is 56.6 Å². The molecule has 0 bridgehead atoms. The maximum atomic E-state index is 4.33. The monoisotopic (exact) mass is 306 g/mol. The lowest BCUT2D eigenvalue weighted by Gasteiger charge is -2.15. The van der Waals surface area contributed by atoms with Crippen LogP contribution >= 0.6 is 0 Å². The molecule has 2 N–H and O–H groups in total. The van der Waals surface area contributed by atoms with E-state index >= 15 is 0 Å². The van der Waals surface area contributed by atoms with E-state index in [1.54, 1.807) is 0 Å². The highest BCUT2D eigenvalue weighted by Crippen LogP contribution is 2.18. The van der Waals surface area contributed by atoms with Crippen LogP contribution in [0.4, 0.5) is 5.69 Å². The van der Waals surface area contributed by atoms with E-state index in [4.69, 9.17) is 0 Å². The van der Waals surface area contributed by atoms with Crippen molar-refractivity contribution in [1.29, 1.82) is 0 Å². The van der Waals surface area contributed by atoms with Gasteiger partial charge >= 0.3 is 0 Å². The Hall–Kier alpha value is -2.33. The van der Waals surface area contributed by atoms with Gasteiger partial charge in [0.15, 0.2) is 0 Å². The van der Waals surface area contributed by atoms with Crippen molar-refractivity contribution in [3.05, 3.63) is 59.9 Å². The van der Waals surface area contributed by atoms with Gasteiger partial charge in [-0.15, -0.1) is 0 Å². The van der Waals surface area contributed by atoms with Gasteiger partial charge in [0, 0.05) is 36.6 Å². The molecular weight excluding hydrogens is 284 g/mol. The third kappa shape index (κ3) is 3.22. The Morgan fingerprint density at radius 1 is 1.04 bits per heavy atom. The summed E-state index contributed by atoms with van der Waals surface area (Å²) in [7, 11) is 0. The first-order valence-electron chi connectivity index (χ1n) is 8.35. The summed E-state index contributed by atoms with van der Waals surface area (Å²) in [6.07, 6.45) is 6.49. The average Bonchev–Trinajstić information content (AvgIpc) is 3.25. The van der Waals surface area contributed by atoms with E-state index in [-0.39, 0.29) is 0 Å². The van der Waals surface area contributed by atoms with E-state index in [1.807, 2.05) is 12.4 Å². The minimum Gasteiger partial charge on any atom is -0.381 e. The third-order valence-electron chi connectivity index (χ3n) is 4.59. The Bertz CT molecular complexity index is 769. The normalized spacial score (nSPS) is 15.3. The summed E-state index contributed by atoms with van der Waals surface area (Å²) in [5, 5.41) is 4.69. The number of hydrogen-bond donors (Lipinski definition) is 2. The van der Waals surface area contributed by atoms with Gasteiger partial charge in [-0.1, -0.05) is 12.1 Å². The average molecular weight is 306 g/mol. The van der Waals surface area contributed by atoms with Gasteiger partial charge in [-0.25, -0.2) is 4.98 Å².